The highest BCUT2D eigenvalue weighted by Crippen LogP contribution is 2.23. The van der Waals surface area contributed by atoms with Crippen LogP contribution in [0.25, 0.3) is 0 Å². The van der Waals surface area contributed by atoms with Gasteiger partial charge < -0.3 is 20.5 Å². The lowest BCUT2D eigenvalue weighted by Crippen LogP contribution is -2.38. The van der Waals surface area contributed by atoms with Gasteiger partial charge in [0.2, 0.25) is 0 Å². The Morgan fingerprint density at radius 2 is 2.00 bits per heavy atom. The van der Waals surface area contributed by atoms with Crippen LogP contribution in [0.4, 0.5) is 10.5 Å². The van der Waals surface area contributed by atoms with Crippen LogP contribution in [0.5, 0.6) is 5.75 Å². The van der Waals surface area contributed by atoms with Crippen molar-refractivity contribution >= 4 is 11.7 Å². The Labute approximate surface area is 119 Å². The third kappa shape index (κ3) is 4.13. The molecule has 110 valence electrons. The Morgan fingerprint density at radius 3 is 2.65 bits per heavy atom. The topological polar surface area (TPSA) is 70.6 Å². The van der Waals surface area contributed by atoms with Gasteiger partial charge in [-0.15, -0.1) is 0 Å². The van der Waals surface area contributed by atoms with Crippen LogP contribution in [-0.4, -0.2) is 30.9 Å². The van der Waals surface area contributed by atoms with E-state index in [0.29, 0.717) is 12.2 Å². The van der Waals surface area contributed by atoms with E-state index in [1.54, 1.807) is 31.4 Å². The molecular weight excluding hydrogens is 256 g/mol. The fourth-order valence-corrected chi connectivity index (χ4v) is 2.50. The number of hydrogen-bond acceptors (Lipinski definition) is 3. The number of benzene rings is 1. The van der Waals surface area contributed by atoms with Crippen molar-refractivity contribution in [2.75, 3.05) is 19.0 Å². The molecule has 2 atom stereocenters. The highest BCUT2D eigenvalue weighted by molar-refractivity contribution is 5.89. The van der Waals surface area contributed by atoms with Gasteiger partial charge in [0.25, 0.3) is 0 Å². The zero-order chi connectivity index (χ0) is 14.4. The molecule has 0 heterocycles. The molecule has 5 heteroatoms. The van der Waals surface area contributed by atoms with Gasteiger partial charge in [-0.2, -0.15) is 0 Å². The van der Waals surface area contributed by atoms with Crippen LogP contribution in [0.2, 0.25) is 0 Å². The number of hydrogen-bond donors (Lipinski definition) is 3. The maximum Gasteiger partial charge on any atom is 0.319 e. The number of anilines is 1. The van der Waals surface area contributed by atoms with Crippen molar-refractivity contribution in [1.29, 1.82) is 0 Å². The first-order valence-electron chi connectivity index (χ1n) is 7.06. The monoisotopic (exact) mass is 278 g/mol. The molecule has 0 spiro atoms. The minimum absolute atomic E-state index is 0.172. The van der Waals surface area contributed by atoms with Crippen LogP contribution in [0, 0.1) is 5.92 Å². The van der Waals surface area contributed by atoms with Crippen molar-refractivity contribution < 1.29 is 14.6 Å². The number of nitrogens with one attached hydrogen (secondary N) is 2. The van der Waals surface area contributed by atoms with Gasteiger partial charge in [-0.3, -0.25) is 0 Å². The maximum absolute atomic E-state index is 11.8. The van der Waals surface area contributed by atoms with Crippen molar-refractivity contribution in [3.8, 4) is 5.75 Å². The molecule has 5 nitrogen and oxygen atoms in total. The number of carbonyl (C=O) groups excluding carboxylic acids is 1. The molecule has 0 radical (unpaired) electrons. The van der Waals surface area contributed by atoms with E-state index < -0.39 is 0 Å². The summed E-state index contributed by atoms with van der Waals surface area (Å²) in [6.07, 6.45) is 3.74. The second kappa shape index (κ2) is 7.14. The molecule has 1 fully saturated rings. The molecule has 1 aliphatic rings. The van der Waals surface area contributed by atoms with E-state index in [9.17, 15) is 9.90 Å². The molecule has 2 rings (SSSR count). The van der Waals surface area contributed by atoms with Crippen LogP contribution >= 0.6 is 0 Å². The van der Waals surface area contributed by atoms with Gasteiger partial charge in [-0.1, -0.05) is 12.8 Å². The highest BCUT2D eigenvalue weighted by atomic mass is 16.5. The summed E-state index contributed by atoms with van der Waals surface area (Å²) in [5.41, 5.74) is 0.715. The molecule has 0 aromatic heterocycles. The van der Waals surface area contributed by atoms with E-state index in [0.717, 1.165) is 31.4 Å². The molecule has 3 N–H and O–H groups in total. The van der Waals surface area contributed by atoms with Gasteiger partial charge in [0, 0.05) is 18.2 Å². The van der Waals surface area contributed by atoms with Crippen LogP contribution in [0.3, 0.4) is 0 Å². The summed E-state index contributed by atoms with van der Waals surface area (Å²) in [7, 11) is 1.60. The summed E-state index contributed by atoms with van der Waals surface area (Å²) in [4.78, 5) is 11.8. The van der Waals surface area contributed by atoms with Crippen molar-refractivity contribution in [3.05, 3.63) is 24.3 Å². The van der Waals surface area contributed by atoms with Gasteiger partial charge >= 0.3 is 6.03 Å². The first-order valence-corrected chi connectivity index (χ1v) is 7.06. The SMILES string of the molecule is COc1ccc(NC(=O)NCC2CCCCC2O)cc1. The number of aliphatic hydroxyl groups excluding tert-OH is 1. The Hall–Kier alpha value is -1.75. The van der Waals surface area contributed by atoms with Crippen LogP contribution < -0.4 is 15.4 Å². The van der Waals surface area contributed by atoms with Crippen molar-refractivity contribution in [3.63, 3.8) is 0 Å². The molecule has 0 aliphatic heterocycles. The Bertz CT molecular complexity index is 433. The number of urea groups is 1. The van der Waals surface area contributed by atoms with E-state index in [4.69, 9.17) is 4.74 Å². The lowest BCUT2D eigenvalue weighted by molar-refractivity contribution is 0.0712. The Balaban J connectivity index is 1.76. The predicted molar refractivity (Wildman–Crippen MR) is 78.0 cm³/mol. The molecular formula is C15H22N2O3. The fraction of sp³-hybridized carbons (Fsp3) is 0.533. The molecule has 2 unspecified atom stereocenters. The average molecular weight is 278 g/mol. The number of ether oxygens (including phenoxy) is 1. The zero-order valence-corrected chi connectivity index (χ0v) is 11.8. The standard InChI is InChI=1S/C15H22N2O3/c1-20-13-8-6-12(7-9-13)17-15(19)16-10-11-4-2-3-5-14(11)18/h6-9,11,14,18H,2-5,10H2,1H3,(H2,16,17,19). The summed E-state index contributed by atoms with van der Waals surface area (Å²) in [5.74, 6) is 0.923. The van der Waals surface area contributed by atoms with Gasteiger partial charge in [0.05, 0.1) is 13.2 Å². The summed E-state index contributed by atoms with van der Waals surface area (Å²) in [6.45, 7) is 0.517. The highest BCUT2D eigenvalue weighted by Gasteiger charge is 2.23. The number of amides is 2. The van der Waals surface area contributed by atoms with Gasteiger partial charge in [0.15, 0.2) is 0 Å². The quantitative estimate of drug-likeness (QED) is 0.792. The molecule has 1 aromatic rings. The number of aliphatic hydroxyl groups is 1. The van der Waals surface area contributed by atoms with Crippen molar-refractivity contribution in [1.82, 2.24) is 5.32 Å². The minimum atomic E-state index is -0.287. The molecule has 2 amide bonds. The van der Waals surface area contributed by atoms with Crippen molar-refractivity contribution in [2.45, 2.75) is 31.8 Å². The molecule has 1 saturated carbocycles. The first kappa shape index (κ1) is 14.7. The molecule has 0 saturated heterocycles. The van der Waals surface area contributed by atoms with Gasteiger partial charge in [0.1, 0.15) is 5.75 Å². The second-order valence-electron chi connectivity index (χ2n) is 5.18. The fourth-order valence-electron chi connectivity index (χ4n) is 2.50. The lowest BCUT2D eigenvalue weighted by atomic mass is 9.86. The molecule has 20 heavy (non-hydrogen) atoms. The summed E-state index contributed by atoms with van der Waals surface area (Å²) < 4.78 is 5.06. The van der Waals surface area contributed by atoms with Gasteiger partial charge in [-0.25, -0.2) is 4.79 Å². The smallest absolute Gasteiger partial charge is 0.319 e. The number of methoxy groups -OCH3 is 1. The normalized spacial score (nSPS) is 22.1. The lowest BCUT2D eigenvalue weighted by Gasteiger charge is -2.27. The minimum Gasteiger partial charge on any atom is -0.497 e. The molecule has 1 aromatic carbocycles. The van der Waals surface area contributed by atoms with E-state index in [-0.39, 0.29) is 18.1 Å². The largest absolute Gasteiger partial charge is 0.497 e. The maximum atomic E-state index is 11.8. The van der Waals surface area contributed by atoms with E-state index in [1.165, 1.54) is 0 Å². The average Bonchev–Trinajstić information content (AvgIpc) is 2.47. The van der Waals surface area contributed by atoms with E-state index in [2.05, 4.69) is 10.6 Å². The summed E-state index contributed by atoms with van der Waals surface area (Å²) >= 11 is 0. The number of rotatable bonds is 4. The Morgan fingerprint density at radius 1 is 1.30 bits per heavy atom. The Kier molecular flexibility index (Phi) is 5.24. The third-order valence-electron chi connectivity index (χ3n) is 3.74. The summed E-state index contributed by atoms with van der Waals surface area (Å²) in [5, 5.41) is 15.4. The third-order valence-corrected chi connectivity index (χ3v) is 3.74. The molecule has 0 bridgehead atoms. The van der Waals surface area contributed by atoms with E-state index in [1.807, 2.05) is 0 Å². The zero-order valence-electron chi connectivity index (χ0n) is 11.8. The van der Waals surface area contributed by atoms with Crippen molar-refractivity contribution in [2.24, 2.45) is 5.92 Å². The van der Waals surface area contributed by atoms with Crippen LogP contribution in [0.15, 0.2) is 24.3 Å². The first-order chi connectivity index (χ1) is 9.69. The van der Waals surface area contributed by atoms with E-state index >= 15 is 0 Å². The van der Waals surface area contributed by atoms with Gasteiger partial charge in [-0.05, 0) is 37.1 Å². The van der Waals surface area contributed by atoms with Crippen LogP contribution in [0.1, 0.15) is 25.7 Å². The predicted octanol–water partition coefficient (Wildman–Crippen LogP) is 2.37. The van der Waals surface area contributed by atoms with Crippen LogP contribution in [-0.2, 0) is 0 Å². The number of carbonyl (C=O) groups is 1. The summed E-state index contributed by atoms with van der Waals surface area (Å²) in [6, 6.07) is 6.91. The second-order valence-corrected chi connectivity index (χ2v) is 5.18. The molecule has 1 aliphatic carbocycles.